The van der Waals surface area contributed by atoms with E-state index in [-0.39, 0.29) is 6.10 Å². The molecule has 52 valence electrons. The summed E-state index contributed by atoms with van der Waals surface area (Å²) in [6.07, 6.45) is -0.282. The van der Waals surface area contributed by atoms with Crippen LogP contribution in [0, 0.1) is 5.92 Å². The summed E-state index contributed by atoms with van der Waals surface area (Å²) in [7, 11) is 0. The van der Waals surface area contributed by atoms with Crippen molar-refractivity contribution >= 4 is 17.7 Å². The molecule has 1 rings (SSSR count). The van der Waals surface area contributed by atoms with Crippen LogP contribution in [0.15, 0.2) is 4.40 Å². The van der Waals surface area contributed by atoms with Crippen molar-refractivity contribution in [1.29, 1.82) is 0 Å². The molecule has 0 aromatic heterocycles. The van der Waals surface area contributed by atoms with Gasteiger partial charge in [0.05, 0.1) is 5.71 Å². The van der Waals surface area contributed by atoms with Crippen LogP contribution in [0.5, 0.6) is 0 Å². The monoisotopic (exact) mass is 145 g/mol. The molecule has 0 radical (unpaired) electrons. The van der Waals surface area contributed by atoms with Gasteiger partial charge in [-0.25, -0.2) is 4.40 Å². The summed E-state index contributed by atoms with van der Waals surface area (Å²) >= 11 is 1.46. The molecule has 0 saturated heterocycles. The highest BCUT2D eigenvalue weighted by Crippen LogP contribution is 2.19. The molecule has 0 saturated carbocycles. The molecule has 1 aliphatic rings. The van der Waals surface area contributed by atoms with Crippen molar-refractivity contribution in [2.45, 2.75) is 20.0 Å². The minimum Gasteiger partial charge on any atom is -0.386 e. The van der Waals surface area contributed by atoms with Crippen molar-refractivity contribution in [1.82, 2.24) is 0 Å². The molecule has 1 aliphatic heterocycles. The van der Waals surface area contributed by atoms with E-state index in [4.69, 9.17) is 0 Å². The predicted octanol–water partition coefficient (Wildman–Crippen LogP) is 1.11. The second-order valence-corrected chi connectivity index (χ2v) is 3.26. The first-order valence-electron chi connectivity index (χ1n) is 3.09. The van der Waals surface area contributed by atoms with Crippen LogP contribution in [0.25, 0.3) is 0 Å². The van der Waals surface area contributed by atoms with Crippen LogP contribution in [-0.4, -0.2) is 22.7 Å². The zero-order chi connectivity index (χ0) is 6.85. The quantitative estimate of drug-likeness (QED) is 0.560. The maximum atomic E-state index is 9.21. The fourth-order valence-corrected chi connectivity index (χ4v) is 1.69. The Morgan fingerprint density at radius 2 is 2.44 bits per heavy atom. The zero-order valence-corrected chi connectivity index (χ0v) is 6.48. The summed E-state index contributed by atoms with van der Waals surface area (Å²) in [6, 6.07) is 0. The third-order valence-corrected chi connectivity index (χ3v) is 2.14. The Hall–Kier alpha value is -0.0200. The third kappa shape index (κ3) is 1.46. The molecular formula is C6H11NOS. The minimum absolute atomic E-state index is 0.282. The predicted molar refractivity (Wildman–Crippen MR) is 40.7 cm³/mol. The lowest BCUT2D eigenvalue weighted by Crippen LogP contribution is -2.22. The van der Waals surface area contributed by atoms with Gasteiger partial charge in [-0.1, -0.05) is 13.8 Å². The van der Waals surface area contributed by atoms with Crippen LogP contribution in [0.3, 0.4) is 0 Å². The molecule has 3 heteroatoms. The van der Waals surface area contributed by atoms with Crippen LogP contribution >= 0.6 is 11.9 Å². The standard InChI is InChI=1S/C6H11NOS/c1-4(2)6-5(8)3-9-7-6/h4-5,8H,3H2,1-2H3. The molecule has 0 aromatic rings. The number of aliphatic hydroxyl groups is 1. The number of nitrogens with zero attached hydrogens (tertiary/aromatic N) is 1. The second-order valence-electron chi connectivity index (χ2n) is 2.48. The zero-order valence-electron chi connectivity index (χ0n) is 5.66. The average molecular weight is 145 g/mol. The SMILES string of the molecule is CC(C)C1=NSCC1O. The molecule has 1 atom stereocenters. The molecule has 0 fully saturated rings. The highest BCUT2D eigenvalue weighted by Gasteiger charge is 2.21. The van der Waals surface area contributed by atoms with Crippen molar-refractivity contribution in [3.8, 4) is 0 Å². The van der Waals surface area contributed by atoms with Gasteiger partial charge in [0.2, 0.25) is 0 Å². The Kier molecular flexibility index (Phi) is 2.13. The third-order valence-electron chi connectivity index (χ3n) is 1.34. The van der Waals surface area contributed by atoms with Crippen molar-refractivity contribution in [3.05, 3.63) is 0 Å². The van der Waals surface area contributed by atoms with Gasteiger partial charge in [-0.2, -0.15) is 0 Å². The van der Waals surface area contributed by atoms with Gasteiger partial charge in [-0.15, -0.1) is 0 Å². The normalized spacial score (nSPS) is 27.1. The van der Waals surface area contributed by atoms with Gasteiger partial charge in [0.1, 0.15) is 6.10 Å². The van der Waals surface area contributed by atoms with Crippen LogP contribution in [0.1, 0.15) is 13.8 Å². The summed E-state index contributed by atoms with van der Waals surface area (Å²) in [5.74, 6) is 1.14. The molecule has 0 aromatic carbocycles. The Morgan fingerprint density at radius 3 is 2.67 bits per heavy atom. The van der Waals surface area contributed by atoms with Gasteiger partial charge in [0.25, 0.3) is 0 Å². The Bertz CT molecular complexity index is 133. The van der Waals surface area contributed by atoms with Crippen molar-refractivity contribution in [3.63, 3.8) is 0 Å². The lowest BCUT2D eigenvalue weighted by molar-refractivity contribution is 0.264. The number of rotatable bonds is 1. The molecular weight excluding hydrogens is 134 g/mol. The summed E-state index contributed by atoms with van der Waals surface area (Å²) in [5, 5.41) is 9.21. The maximum Gasteiger partial charge on any atom is 0.104 e. The van der Waals surface area contributed by atoms with E-state index in [2.05, 4.69) is 4.40 Å². The lowest BCUT2D eigenvalue weighted by Gasteiger charge is -2.06. The number of hydrogen-bond donors (Lipinski definition) is 1. The van der Waals surface area contributed by atoms with E-state index in [0.29, 0.717) is 5.92 Å². The topological polar surface area (TPSA) is 32.6 Å². The molecule has 2 nitrogen and oxygen atoms in total. The first kappa shape index (κ1) is 7.09. The van der Waals surface area contributed by atoms with Crippen LogP contribution in [0.2, 0.25) is 0 Å². The largest absolute Gasteiger partial charge is 0.386 e. The summed E-state index contributed by atoms with van der Waals surface area (Å²) in [6.45, 7) is 4.10. The minimum atomic E-state index is -0.282. The summed E-state index contributed by atoms with van der Waals surface area (Å²) < 4.78 is 4.10. The van der Waals surface area contributed by atoms with Crippen molar-refractivity contribution in [2.24, 2.45) is 10.3 Å². The number of aliphatic hydroxyl groups excluding tert-OH is 1. The maximum absolute atomic E-state index is 9.21. The van der Waals surface area contributed by atoms with Gasteiger partial charge in [0, 0.05) is 5.75 Å². The van der Waals surface area contributed by atoms with E-state index in [1.807, 2.05) is 13.8 Å². The summed E-state index contributed by atoms with van der Waals surface area (Å²) in [4.78, 5) is 0. The van der Waals surface area contributed by atoms with Gasteiger partial charge in [0.15, 0.2) is 0 Å². The highest BCUT2D eigenvalue weighted by molar-refractivity contribution is 7.98. The van der Waals surface area contributed by atoms with E-state index in [1.54, 1.807) is 0 Å². The Labute approximate surface area is 59.5 Å². The lowest BCUT2D eigenvalue weighted by atomic mass is 10.0. The molecule has 0 bridgehead atoms. The van der Waals surface area contributed by atoms with Gasteiger partial charge in [-0.3, -0.25) is 0 Å². The van der Waals surface area contributed by atoms with Crippen molar-refractivity contribution in [2.75, 3.05) is 5.75 Å². The van der Waals surface area contributed by atoms with Gasteiger partial charge >= 0.3 is 0 Å². The van der Waals surface area contributed by atoms with E-state index < -0.39 is 0 Å². The van der Waals surface area contributed by atoms with Crippen molar-refractivity contribution < 1.29 is 5.11 Å². The van der Waals surface area contributed by atoms with Crippen LogP contribution in [-0.2, 0) is 0 Å². The molecule has 0 spiro atoms. The summed E-state index contributed by atoms with van der Waals surface area (Å²) in [5.41, 5.74) is 0.944. The second kappa shape index (κ2) is 2.71. The van der Waals surface area contributed by atoms with E-state index in [9.17, 15) is 5.11 Å². The van der Waals surface area contributed by atoms with E-state index in [0.717, 1.165) is 11.5 Å². The molecule has 1 heterocycles. The fraction of sp³-hybridized carbons (Fsp3) is 0.833. The molecule has 1 N–H and O–H groups in total. The first-order valence-corrected chi connectivity index (χ1v) is 4.04. The average Bonchev–Trinajstić information content (AvgIpc) is 2.13. The van der Waals surface area contributed by atoms with Crippen LogP contribution in [0.4, 0.5) is 0 Å². The molecule has 0 amide bonds. The van der Waals surface area contributed by atoms with Gasteiger partial charge in [-0.05, 0) is 17.9 Å². The smallest absolute Gasteiger partial charge is 0.104 e. The number of hydrogen-bond acceptors (Lipinski definition) is 3. The molecule has 9 heavy (non-hydrogen) atoms. The Balaban J connectivity index is 2.57. The Morgan fingerprint density at radius 1 is 1.78 bits per heavy atom. The first-order chi connectivity index (χ1) is 4.22. The van der Waals surface area contributed by atoms with E-state index >= 15 is 0 Å². The molecule has 1 unspecified atom stereocenters. The molecule has 0 aliphatic carbocycles. The fourth-order valence-electron chi connectivity index (χ4n) is 0.819. The highest BCUT2D eigenvalue weighted by atomic mass is 32.2. The van der Waals surface area contributed by atoms with E-state index in [1.165, 1.54) is 11.9 Å². The van der Waals surface area contributed by atoms with Crippen LogP contribution < -0.4 is 0 Å². The van der Waals surface area contributed by atoms with Gasteiger partial charge < -0.3 is 5.11 Å².